The van der Waals surface area contributed by atoms with Gasteiger partial charge in [0.2, 0.25) is 5.82 Å². The summed E-state index contributed by atoms with van der Waals surface area (Å²) >= 11 is 0. The summed E-state index contributed by atoms with van der Waals surface area (Å²) in [5, 5.41) is 14.6. The topological polar surface area (TPSA) is 74.1 Å². The molecule has 1 N–H and O–H groups in total. The van der Waals surface area contributed by atoms with Crippen LogP contribution in [0, 0.1) is 5.82 Å². The first kappa shape index (κ1) is 15.3. The highest BCUT2D eigenvalue weighted by atomic mass is 19.1. The molecule has 0 aliphatic rings. The van der Waals surface area contributed by atoms with Crippen LogP contribution in [0.3, 0.4) is 0 Å². The summed E-state index contributed by atoms with van der Waals surface area (Å²) in [5.74, 6) is 0.193. The maximum absolute atomic E-state index is 13.9. The molecule has 0 saturated heterocycles. The Morgan fingerprint density at radius 1 is 1.38 bits per heavy atom. The summed E-state index contributed by atoms with van der Waals surface area (Å²) in [4.78, 5) is 1.33. The third-order valence-electron chi connectivity index (χ3n) is 2.74. The number of benzene rings is 1. The Morgan fingerprint density at radius 3 is 2.95 bits per heavy atom. The molecule has 114 valence electrons. The van der Waals surface area contributed by atoms with E-state index < -0.39 is 5.82 Å². The lowest BCUT2D eigenvalue weighted by atomic mass is 10.2. The van der Waals surface area contributed by atoms with E-state index in [1.807, 2.05) is 6.07 Å². The molecule has 0 fully saturated rings. The number of rotatable bonds is 8. The van der Waals surface area contributed by atoms with E-state index in [2.05, 4.69) is 20.7 Å². The van der Waals surface area contributed by atoms with Gasteiger partial charge in [0.25, 0.3) is 0 Å². The van der Waals surface area contributed by atoms with E-state index in [1.54, 1.807) is 20.2 Å². The Kier molecular flexibility index (Phi) is 5.59. The fraction of sp³-hybridized carbons (Fsp3) is 0.462. The van der Waals surface area contributed by atoms with Gasteiger partial charge >= 0.3 is 0 Å². The molecule has 1 aromatic heterocycles. The van der Waals surface area contributed by atoms with Gasteiger partial charge < -0.3 is 14.8 Å². The molecule has 2 rings (SSSR count). The number of tetrazole rings is 1. The van der Waals surface area contributed by atoms with Crippen LogP contribution in [-0.2, 0) is 24.9 Å². The van der Waals surface area contributed by atoms with Crippen LogP contribution >= 0.6 is 0 Å². The molecular formula is C13H18FN5O2. The molecule has 21 heavy (non-hydrogen) atoms. The zero-order chi connectivity index (χ0) is 15.1. The monoisotopic (exact) mass is 295 g/mol. The van der Waals surface area contributed by atoms with Crippen LogP contribution in [0.2, 0.25) is 0 Å². The molecule has 0 saturated carbocycles. The van der Waals surface area contributed by atoms with Crippen LogP contribution in [0.1, 0.15) is 11.4 Å². The van der Waals surface area contributed by atoms with Crippen molar-refractivity contribution in [2.45, 2.75) is 13.2 Å². The second-order valence-corrected chi connectivity index (χ2v) is 4.38. The zero-order valence-electron chi connectivity index (χ0n) is 12.0. The van der Waals surface area contributed by atoms with Gasteiger partial charge in [-0.25, -0.2) is 4.39 Å². The van der Waals surface area contributed by atoms with Crippen LogP contribution in [0.4, 0.5) is 4.39 Å². The summed E-state index contributed by atoms with van der Waals surface area (Å²) in [6.07, 6.45) is 0. The summed E-state index contributed by atoms with van der Waals surface area (Å²) in [6.45, 7) is 1.83. The predicted molar refractivity (Wildman–Crippen MR) is 73.1 cm³/mol. The first-order valence-electron chi connectivity index (χ1n) is 6.53. The van der Waals surface area contributed by atoms with Crippen molar-refractivity contribution in [2.75, 3.05) is 20.3 Å². The van der Waals surface area contributed by atoms with E-state index in [9.17, 15) is 4.39 Å². The van der Waals surface area contributed by atoms with E-state index in [4.69, 9.17) is 9.47 Å². The molecular weight excluding hydrogens is 277 g/mol. The van der Waals surface area contributed by atoms with Gasteiger partial charge in [0.1, 0.15) is 0 Å². The molecule has 0 aliphatic heterocycles. The number of nitrogens with one attached hydrogen (secondary N) is 1. The van der Waals surface area contributed by atoms with Gasteiger partial charge in [0.05, 0.1) is 13.7 Å². The number of aryl methyl sites for hydroxylation is 1. The summed E-state index contributed by atoms with van der Waals surface area (Å²) in [6, 6.07) is 4.82. The standard InChI is InChI=1S/C13H18FN5O2/c1-19-17-12(16-18-19)9-21-13-10(4-3-5-11(13)14)8-15-6-7-20-2/h3-5,15H,6-9H2,1-2H3. The maximum Gasteiger partial charge on any atom is 0.212 e. The smallest absolute Gasteiger partial charge is 0.212 e. The average molecular weight is 295 g/mol. The molecule has 0 aliphatic carbocycles. The average Bonchev–Trinajstić information content (AvgIpc) is 2.88. The molecule has 7 nitrogen and oxygen atoms in total. The number of nitrogens with zero attached hydrogens (tertiary/aromatic N) is 4. The van der Waals surface area contributed by atoms with Crippen LogP contribution in [0.25, 0.3) is 0 Å². The van der Waals surface area contributed by atoms with Crippen LogP contribution < -0.4 is 10.1 Å². The molecule has 0 bridgehead atoms. The van der Waals surface area contributed by atoms with Crippen molar-refractivity contribution in [1.29, 1.82) is 0 Å². The molecule has 0 radical (unpaired) electrons. The van der Waals surface area contributed by atoms with Crippen molar-refractivity contribution in [3.8, 4) is 5.75 Å². The number of ether oxygens (including phenoxy) is 2. The van der Waals surface area contributed by atoms with Crippen LogP contribution in [0.5, 0.6) is 5.75 Å². The zero-order valence-corrected chi connectivity index (χ0v) is 12.0. The van der Waals surface area contributed by atoms with E-state index in [0.29, 0.717) is 25.5 Å². The quantitative estimate of drug-likeness (QED) is 0.721. The minimum Gasteiger partial charge on any atom is -0.482 e. The van der Waals surface area contributed by atoms with Crippen molar-refractivity contribution < 1.29 is 13.9 Å². The van der Waals surface area contributed by atoms with Gasteiger partial charge in [0.15, 0.2) is 18.2 Å². The van der Waals surface area contributed by atoms with Gasteiger partial charge in [-0.3, -0.25) is 0 Å². The molecule has 1 aromatic carbocycles. The summed E-state index contributed by atoms with van der Waals surface area (Å²) in [7, 11) is 3.29. The molecule has 1 heterocycles. The Morgan fingerprint density at radius 2 is 2.24 bits per heavy atom. The van der Waals surface area contributed by atoms with Crippen molar-refractivity contribution in [1.82, 2.24) is 25.5 Å². The lowest BCUT2D eigenvalue weighted by molar-refractivity contribution is 0.199. The number of aromatic nitrogens is 4. The number of methoxy groups -OCH3 is 1. The van der Waals surface area contributed by atoms with Gasteiger partial charge in [-0.1, -0.05) is 12.1 Å². The predicted octanol–water partition coefficient (Wildman–Crippen LogP) is 0.664. The Bertz CT molecular complexity index is 575. The van der Waals surface area contributed by atoms with Gasteiger partial charge in [-0.15, -0.1) is 10.2 Å². The number of hydrogen-bond donors (Lipinski definition) is 1. The van der Waals surface area contributed by atoms with E-state index >= 15 is 0 Å². The second-order valence-electron chi connectivity index (χ2n) is 4.38. The van der Waals surface area contributed by atoms with Crippen LogP contribution in [0.15, 0.2) is 18.2 Å². The van der Waals surface area contributed by atoms with E-state index in [1.165, 1.54) is 10.9 Å². The highest BCUT2D eigenvalue weighted by molar-refractivity contribution is 5.34. The SMILES string of the molecule is COCCNCc1cccc(F)c1OCc1nnn(C)n1. The Labute approximate surface area is 122 Å². The molecule has 0 amide bonds. The highest BCUT2D eigenvalue weighted by Crippen LogP contribution is 2.23. The normalized spacial score (nSPS) is 10.8. The Balaban J connectivity index is 1.99. The molecule has 0 spiro atoms. The lowest BCUT2D eigenvalue weighted by Gasteiger charge is -2.12. The Hall–Kier alpha value is -2.06. The summed E-state index contributed by atoms with van der Waals surface area (Å²) in [5.41, 5.74) is 0.731. The molecule has 8 heteroatoms. The third kappa shape index (κ3) is 4.47. The van der Waals surface area contributed by atoms with Crippen molar-refractivity contribution in [3.05, 3.63) is 35.4 Å². The van der Waals surface area contributed by atoms with Crippen LogP contribution in [-0.4, -0.2) is 40.5 Å². The number of para-hydroxylation sites is 1. The first-order chi connectivity index (χ1) is 10.2. The van der Waals surface area contributed by atoms with Crippen molar-refractivity contribution in [2.24, 2.45) is 7.05 Å². The maximum atomic E-state index is 13.9. The minimum absolute atomic E-state index is 0.0693. The largest absolute Gasteiger partial charge is 0.482 e. The fourth-order valence-corrected chi connectivity index (χ4v) is 1.77. The molecule has 0 atom stereocenters. The third-order valence-corrected chi connectivity index (χ3v) is 2.74. The van der Waals surface area contributed by atoms with Crippen molar-refractivity contribution >= 4 is 0 Å². The van der Waals surface area contributed by atoms with Gasteiger partial charge in [-0.2, -0.15) is 4.80 Å². The van der Waals surface area contributed by atoms with E-state index in [0.717, 1.165) is 5.56 Å². The molecule has 2 aromatic rings. The lowest BCUT2D eigenvalue weighted by Crippen LogP contribution is -2.19. The first-order valence-corrected chi connectivity index (χ1v) is 6.53. The van der Waals surface area contributed by atoms with Gasteiger partial charge in [0, 0.05) is 25.8 Å². The molecule has 0 unspecified atom stereocenters. The highest BCUT2D eigenvalue weighted by Gasteiger charge is 2.11. The fourth-order valence-electron chi connectivity index (χ4n) is 1.77. The second kappa shape index (κ2) is 7.65. The number of halogens is 1. The van der Waals surface area contributed by atoms with Crippen molar-refractivity contribution in [3.63, 3.8) is 0 Å². The number of hydrogen-bond acceptors (Lipinski definition) is 6. The minimum atomic E-state index is -0.412. The summed E-state index contributed by atoms with van der Waals surface area (Å²) < 4.78 is 24.3. The van der Waals surface area contributed by atoms with E-state index in [-0.39, 0.29) is 12.4 Å². The van der Waals surface area contributed by atoms with Gasteiger partial charge in [-0.05, 0) is 11.3 Å².